The van der Waals surface area contributed by atoms with Gasteiger partial charge in [0.2, 0.25) is 0 Å². The lowest BCUT2D eigenvalue weighted by Gasteiger charge is -2.23. The van der Waals surface area contributed by atoms with Crippen LogP contribution in [-0.4, -0.2) is 41.1 Å². The lowest BCUT2D eigenvalue weighted by Crippen LogP contribution is -2.44. The number of likely N-dealkylation sites (tertiary alicyclic amines) is 1. The zero-order valence-corrected chi connectivity index (χ0v) is 8.49. The van der Waals surface area contributed by atoms with Crippen molar-refractivity contribution in [2.75, 3.05) is 13.1 Å². The number of amides is 2. The van der Waals surface area contributed by atoms with Gasteiger partial charge in [-0.25, -0.2) is 4.79 Å². The summed E-state index contributed by atoms with van der Waals surface area (Å²) in [7, 11) is 0. The van der Waals surface area contributed by atoms with E-state index in [1.54, 1.807) is 4.90 Å². The molecule has 5 heteroatoms. The third-order valence-electron chi connectivity index (χ3n) is 2.79. The molecule has 2 N–H and O–H groups in total. The van der Waals surface area contributed by atoms with Crippen LogP contribution in [0.15, 0.2) is 0 Å². The summed E-state index contributed by atoms with van der Waals surface area (Å²) < 4.78 is 0. The van der Waals surface area contributed by atoms with Crippen LogP contribution >= 0.6 is 0 Å². The third kappa shape index (κ3) is 2.37. The summed E-state index contributed by atoms with van der Waals surface area (Å²) >= 11 is 0. The van der Waals surface area contributed by atoms with Gasteiger partial charge in [0.1, 0.15) is 6.54 Å². The summed E-state index contributed by atoms with van der Waals surface area (Å²) in [5.74, 6) is -0.524. The fourth-order valence-corrected chi connectivity index (χ4v) is 1.63. The molecule has 0 aliphatic carbocycles. The summed E-state index contributed by atoms with van der Waals surface area (Å²) in [5.41, 5.74) is 0. The van der Waals surface area contributed by atoms with Gasteiger partial charge >= 0.3 is 12.0 Å². The molecule has 1 aliphatic rings. The minimum Gasteiger partial charge on any atom is -0.480 e. The first-order valence-electron chi connectivity index (χ1n) is 4.78. The quantitative estimate of drug-likeness (QED) is 0.682. The molecule has 0 bridgehead atoms. The van der Waals surface area contributed by atoms with Gasteiger partial charge in [-0.05, 0) is 19.3 Å². The molecule has 5 nitrogen and oxygen atoms in total. The van der Waals surface area contributed by atoms with Crippen LogP contribution < -0.4 is 5.32 Å². The van der Waals surface area contributed by atoms with Gasteiger partial charge in [-0.3, -0.25) is 4.79 Å². The number of carbonyl (C=O) groups excluding carboxylic acids is 1. The normalized spacial score (nSPS) is 26.3. The highest BCUT2D eigenvalue weighted by molar-refractivity contribution is 5.80. The largest absolute Gasteiger partial charge is 0.480 e. The predicted molar refractivity (Wildman–Crippen MR) is 51.0 cm³/mol. The summed E-state index contributed by atoms with van der Waals surface area (Å²) in [6.07, 6.45) is 0.988. The first-order valence-corrected chi connectivity index (χ1v) is 4.78. The zero-order valence-electron chi connectivity index (χ0n) is 8.49. The van der Waals surface area contributed by atoms with E-state index in [1.807, 2.05) is 6.92 Å². The second kappa shape index (κ2) is 4.30. The van der Waals surface area contributed by atoms with Crippen molar-refractivity contribution in [3.8, 4) is 0 Å². The standard InChI is InChI=1S/C9H16N2O3/c1-6-3-4-11(7(6)2)9(14)10-5-8(12)13/h6-7H,3-5H2,1-2H3,(H,10,14)(H,12,13). The number of nitrogens with one attached hydrogen (secondary N) is 1. The minimum atomic E-state index is -1.02. The summed E-state index contributed by atoms with van der Waals surface area (Å²) in [6, 6.07) is -0.0759. The van der Waals surface area contributed by atoms with E-state index >= 15 is 0 Å². The van der Waals surface area contributed by atoms with Crippen molar-refractivity contribution >= 4 is 12.0 Å². The average molecular weight is 200 g/mol. The van der Waals surface area contributed by atoms with Crippen LogP contribution in [-0.2, 0) is 4.79 Å². The number of hydrogen-bond acceptors (Lipinski definition) is 2. The number of carbonyl (C=O) groups is 2. The maximum absolute atomic E-state index is 11.5. The molecule has 1 rings (SSSR count). The Morgan fingerprint density at radius 2 is 2.14 bits per heavy atom. The Labute approximate surface area is 83.1 Å². The molecular weight excluding hydrogens is 184 g/mol. The number of carboxylic acids is 1. The topological polar surface area (TPSA) is 69.6 Å². The molecular formula is C9H16N2O3. The van der Waals surface area contributed by atoms with Crippen molar-refractivity contribution < 1.29 is 14.7 Å². The number of nitrogens with zero attached hydrogens (tertiary/aromatic N) is 1. The molecule has 0 saturated carbocycles. The van der Waals surface area contributed by atoms with Gasteiger partial charge in [-0.15, -0.1) is 0 Å². The Bertz CT molecular complexity index is 242. The van der Waals surface area contributed by atoms with Gasteiger partial charge < -0.3 is 15.3 Å². The number of urea groups is 1. The number of aliphatic carboxylic acids is 1. The fraction of sp³-hybridized carbons (Fsp3) is 0.778. The van der Waals surface area contributed by atoms with E-state index in [9.17, 15) is 9.59 Å². The molecule has 2 atom stereocenters. The molecule has 14 heavy (non-hydrogen) atoms. The van der Waals surface area contributed by atoms with Crippen LogP contribution in [0.2, 0.25) is 0 Å². The molecule has 1 fully saturated rings. The maximum Gasteiger partial charge on any atom is 0.323 e. The van der Waals surface area contributed by atoms with Gasteiger partial charge in [0.05, 0.1) is 0 Å². The molecule has 1 aliphatic heterocycles. The lowest BCUT2D eigenvalue weighted by atomic mass is 10.1. The lowest BCUT2D eigenvalue weighted by molar-refractivity contribution is -0.135. The SMILES string of the molecule is CC1CCN(C(=O)NCC(=O)O)C1C. The molecule has 0 aromatic heterocycles. The highest BCUT2D eigenvalue weighted by Gasteiger charge is 2.30. The van der Waals surface area contributed by atoms with Crippen molar-refractivity contribution in [1.82, 2.24) is 10.2 Å². The fourth-order valence-electron chi connectivity index (χ4n) is 1.63. The van der Waals surface area contributed by atoms with E-state index in [0.717, 1.165) is 6.42 Å². The van der Waals surface area contributed by atoms with Crippen LogP contribution in [0.5, 0.6) is 0 Å². The Morgan fingerprint density at radius 3 is 2.57 bits per heavy atom. The monoisotopic (exact) mass is 200 g/mol. The van der Waals surface area contributed by atoms with Crippen molar-refractivity contribution in [3.63, 3.8) is 0 Å². The predicted octanol–water partition coefficient (Wildman–Crippen LogP) is 0.511. The zero-order chi connectivity index (χ0) is 10.7. The van der Waals surface area contributed by atoms with Crippen LogP contribution in [0.4, 0.5) is 4.79 Å². The first-order chi connectivity index (χ1) is 6.52. The molecule has 1 heterocycles. The highest BCUT2D eigenvalue weighted by Crippen LogP contribution is 2.22. The van der Waals surface area contributed by atoms with Gasteiger partial charge in [-0.2, -0.15) is 0 Å². The number of carboxylic acid groups (broad SMARTS) is 1. The Balaban J connectivity index is 2.41. The average Bonchev–Trinajstić information content (AvgIpc) is 2.44. The second-order valence-electron chi connectivity index (χ2n) is 3.75. The molecule has 0 spiro atoms. The molecule has 0 radical (unpaired) electrons. The van der Waals surface area contributed by atoms with Crippen LogP contribution in [0, 0.1) is 5.92 Å². The van der Waals surface area contributed by atoms with Crippen molar-refractivity contribution in [1.29, 1.82) is 0 Å². The second-order valence-corrected chi connectivity index (χ2v) is 3.75. The molecule has 0 aromatic rings. The molecule has 80 valence electrons. The summed E-state index contributed by atoms with van der Waals surface area (Å²) in [6.45, 7) is 4.48. The molecule has 0 aromatic carbocycles. The third-order valence-corrected chi connectivity index (χ3v) is 2.79. The van der Waals surface area contributed by atoms with Gasteiger partial charge in [0, 0.05) is 12.6 Å². The minimum absolute atomic E-state index is 0.198. The molecule has 2 amide bonds. The van der Waals surface area contributed by atoms with Crippen molar-refractivity contribution in [2.45, 2.75) is 26.3 Å². The Hall–Kier alpha value is -1.26. The van der Waals surface area contributed by atoms with Crippen LogP contribution in [0.3, 0.4) is 0 Å². The van der Waals surface area contributed by atoms with E-state index in [2.05, 4.69) is 12.2 Å². The van der Waals surface area contributed by atoms with Crippen molar-refractivity contribution in [3.05, 3.63) is 0 Å². The number of rotatable bonds is 2. The van der Waals surface area contributed by atoms with Crippen LogP contribution in [0.1, 0.15) is 20.3 Å². The van der Waals surface area contributed by atoms with E-state index in [4.69, 9.17) is 5.11 Å². The summed E-state index contributed by atoms with van der Waals surface area (Å²) in [4.78, 5) is 23.4. The highest BCUT2D eigenvalue weighted by atomic mass is 16.4. The van der Waals surface area contributed by atoms with E-state index in [-0.39, 0.29) is 18.6 Å². The first kappa shape index (κ1) is 10.8. The maximum atomic E-state index is 11.5. The van der Waals surface area contributed by atoms with E-state index in [0.29, 0.717) is 12.5 Å². The van der Waals surface area contributed by atoms with Gasteiger partial charge in [-0.1, -0.05) is 6.92 Å². The molecule has 2 unspecified atom stereocenters. The van der Waals surface area contributed by atoms with E-state index < -0.39 is 5.97 Å². The smallest absolute Gasteiger partial charge is 0.323 e. The van der Waals surface area contributed by atoms with E-state index in [1.165, 1.54) is 0 Å². The van der Waals surface area contributed by atoms with Crippen LogP contribution in [0.25, 0.3) is 0 Å². The number of hydrogen-bond donors (Lipinski definition) is 2. The Morgan fingerprint density at radius 1 is 1.50 bits per heavy atom. The van der Waals surface area contributed by atoms with Crippen molar-refractivity contribution in [2.24, 2.45) is 5.92 Å². The Kier molecular flexibility index (Phi) is 3.33. The van der Waals surface area contributed by atoms with Gasteiger partial charge in [0.25, 0.3) is 0 Å². The summed E-state index contributed by atoms with van der Waals surface area (Å²) in [5, 5.41) is 10.8. The molecule has 1 saturated heterocycles. The van der Waals surface area contributed by atoms with Gasteiger partial charge in [0.15, 0.2) is 0 Å².